The largest absolute Gasteiger partial charge is 0.466 e. The highest BCUT2D eigenvalue weighted by atomic mass is 32.2. The van der Waals surface area contributed by atoms with Crippen LogP contribution in [0.2, 0.25) is 0 Å². The van der Waals surface area contributed by atoms with Crippen molar-refractivity contribution in [2.45, 2.75) is 11.3 Å². The molecule has 0 saturated carbocycles. The van der Waals surface area contributed by atoms with Gasteiger partial charge in [0.25, 0.3) is 0 Å². The van der Waals surface area contributed by atoms with Gasteiger partial charge in [-0.1, -0.05) is 18.2 Å². The Kier molecular flexibility index (Phi) is 5.50. The Morgan fingerprint density at radius 3 is 2.56 bits per heavy atom. The molecule has 1 saturated heterocycles. The molecular formula is C22H23NO3S. The summed E-state index contributed by atoms with van der Waals surface area (Å²) in [6.07, 6.45) is 2.71. The van der Waals surface area contributed by atoms with Crippen molar-refractivity contribution in [3.8, 4) is 11.1 Å². The van der Waals surface area contributed by atoms with Crippen LogP contribution in [0.1, 0.15) is 12.0 Å². The molecule has 2 heterocycles. The third-order valence-corrected chi connectivity index (χ3v) is 6.08. The normalized spacial score (nSPS) is 16.9. The minimum absolute atomic E-state index is 0.233. The molecule has 4 rings (SSSR count). The van der Waals surface area contributed by atoms with Crippen molar-refractivity contribution in [3.05, 3.63) is 53.6 Å². The lowest BCUT2D eigenvalue weighted by Crippen LogP contribution is -2.36. The highest BCUT2D eigenvalue weighted by Crippen LogP contribution is 2.34. The molecule has 5 heteroatoms. The molecule has 2 aliphatic rings. The van der Waals surface area contributed by atoms with Gasteiger partial charge in [0.2, 0.25) is 0 Å². The first kappa shape index (κ1) is 18.1. The lowest BCUT2D eigenvalue weighted by Gasteiger charge is -2.28. The maximum absolute atomic E-state index is 12.0. The van der Waals surface area contributed by atoms with E-state index < -0.39 is 0 Å². The van der Waals surface area contributed by atoms with E-state index in [0.29, 0.717) is 0 Å². The summed E-state index contributed by atoms with van der Waals surface area (Å²) in [5, 5.41) is 0. The number of rotatable bonds is 3. The van der Waals surface area contributed by atoms with Crippen molar-refractivity contribution in [1.29, 1.82) is 0 Å². The van der Waals surface area contributed by atoms with E-state index in [4.69, 9.17) is 9.47 Å². The summed E-state index contributed by atoms with van der Waals surface area (Å²) >= 11 is 1.79. The highest BCUT2D eigenvalue weighted by Gasteiger charge is 2.16. The third kappa shape index (κ3) is 4.04. The zero-order chi connectivity index (χ0) is 18.6. The fourth-order valence-electron chi connectivity index (χ4n) is 3.48. The zero-order valence-corrected chi connectivity index (χ0v) is 16.3. The van der Waals surface area contributed by atoms with Crippen LogP contribution in [0.15, 0.2) is 52.9 Å². The smallest absolute Gasteiger partial charge is 0.333 e. The summed E-state index contributed by atoms with van der Waals surface area (Å²) in [6.45, 7) is 3.46. The topological polar surface area (TPSA) is 38.8 Å². The maximum atomic E-state index is 12.0. The molecule has 0 atom stereocenters. The number of esters is 1. The van der Waals surface area contributed by atoms with Crippen LogP contribution in [0.3, 0.4) is 0 Å². The molecule has 0 amide bonds. The second kappa shape index (κ2) is 8.19. The molecule has 0 unspecified atom stereocenters. The number of methoxy groups -OCH3 is 1. The zero-order valence-electron chi connectivity index (χ0n) is 15.4. The lowest BCUT2D eigenvalue weighted by molar-refractivity contribution is -0.136. The van der Waals surface area contributed by atoms with Gasteiger partial charge in [0.05, 0.1) is 20.3 Å². The fraction of sp³-hybridized carbons (Fsp3) is 0.318. The van der Waals surface area contributed by atoms with Gasteiger partial charge >= 0.3 is 5.97 Å². The Bertz CT molecular complexity index is 854. The van der Waals surface area contributed by atoms with Crippen molar-refractivity contribution in [1.82, 2.24) is 0 Å². The molecule has 2 aliphatic heterocycles. The van der Waals surface area contributed by atoms with Crippen molar-refractivity contribution in [3.63, 3.8) is 0 Å². The van der Waals surface area contributed by atoms with Crippen LogP contribution in [0.5, 0.6) is 0 Å². The molecule has 0 radical (unpaired) electrons. The van der Waals surface area contributed by atoms with E-state index >= 15 is 0 Å². The van der Waals surface area contributed by atoms with Gasteiger partial charge in [-0.15, -0.1) is 11.8 Å². The van der Waals surface area contributed by atoms with Crippen molar-refractivity contribution >= 4 is 29.5 Å². The van der Waals surface area contributed by atoms with Gasteiger partial charge in [-0.25, -0.2) is 4.79 Å². The number of anilines is 1. The van der Waals surface area contributed by atoms with Crippen LogP contribution < -0.4 is 4.90 Å². The van der Waals surface area contributed by atoms with E-state index in [0.717, 1.165) is 55.2 Å². The van der Waals surface area contributed by atoms with Crippen LogP contribution in [-0.2, 0) is 14.3 Å². The van der Waals surface area contributed by atoms with E-state index in [-0.39, 0.29) is 5.97 Å². The molecule has 0 aliphatic carbocycles. The van der Waals surface area contributed by atoms with Gasteiger partial charge in [0.1, 0.15) is 0 Å². The molecule has 0 N–H and O–H groups in total. The SMILES string of the molecule is COC(=O)C1=Cc2cc(-c3ccc(N4CCOCC4)cc3)ccc2SCC1. The number of carbonyl (C=O) groups excluding carboxylic acids is 1. The second-order valence-corrected chi connectivity index (χ2v) is 7.80. The van der Waals surface area contributed by atoms with Crippen LogP contribution in [0.25, 0.3) is 17.2 Å². The minimum atomic E-state index is -0.233. The summed E-state index contributed by atoms with van der Waals surface area (Å²) in [5.74, 6) is 0.658. The molecular weight excluding hydrogens is 358 g/mol. The Morgan fingerprint density at radius 2 is 1.81 bits per heavy atom. The Morgan fingerprint density at radius 1 is 1.07 bits per heavy atom. The fourth-order valence-corrected chi connectivity index (χ4v) is 4.47. The summed E-state index contributed by atoms with van der Waals surface area (Å²) in [7, 11) is 1.44. The van der Waals surface area contributed by atoms with Crippen LogP contribution in [-0.4, -0.2) is 45.1 Å². The van der Waals surface area contributed by atoms with E-state index in [1.165, 1.54) is 23.3 Å². The molecule has 27 heavy (non-hydrogen) atoms. The number of morpholine rings is 1. The van der Waals surface area contributed by atoms with Gasteiger partial charge in [-0.05, 0) is 53.5 Å². The molecule has 2 aromatic rings. The molecule has 0 bridgehead atoms. The van der Waals surface area contributed by atoms with Gasteiger partial charge in [-0.2, -0.15) is 0 Å². The Labute approximate surface area is 164 Å². The first-order valence-corrected chi connectivity index (χ1v) is 10.2. The average molecular weight is 381 g/mol. The number of hydrogen-bond donors (Lipinski definition) is 0. The predicted molar refractivity (Wildman–Crippen MR) is 110 cm³/mol. The van der Waals surface area contributed by atoms with Gasteiger partial charge < -0.3 is 14.4 Å². The maximum Gasteiger partial charge on any atom is 0.333 e. The summed E-state index contributed by atoms with van der Waals surface area (Å²) in [6, 6.07) is 15.2. The van der Waals surface area contributed by atoms with E-state index in [1.54, 1.807) is 11.8 Å². The highest BCUT2D eigenvalue weighted by molar-refractivity contribution is 7.99. The first-order chi connectivity index (χ1) is 13.2. The molecule has 4 nitrogen and oxygen atoms in total. The first-order valence-electron chi connectivity index (χ1n) is 9.23. The molecule has 2 aromatic carbocycles. The number of benzene rings is 2. The minimum Gasteiger partial charge on any atom is -0.466 e. The second-order valence-electron chi connectivity index (χ2n) is 6.66. The molecule has 0 aromatic heterocycles. The quantitative estimate of drug-likeness (QED) is 0.744. The number of ether oxygens (including phenoxy) is 2. The number of hydrogen-bond acceptors (Lipinski definition) is 5. The number of fused-ring (bicyclic) bond motifs is 1. The lowest BCUT2D eigenvalue weighted by atomic mass is 10.0. The summed E-state index contributed by atoms with van der Waals surface area (Å²) in [4.78, 5) is 15.5. The standard InChI is InChI=1S/C22H23NO3S/c1-25-22(24)18-8-13-27-21-7-4-17(14-19(21)15-18)16-2-5-20(6-3-16)23-9-11-26-12-10-23/h2-7,14-15H,8-13H2,1H3. The van der Waals surface area contributed by atoms with Crippen molar-refractivity contribution < 1.29 is 14.3 Å². The summed E-state index contributed by atoms with van der Waals surface area (Å²) in [5.41, 5.74) is 5.40. The monoisotopic (exact) mass is 381 g/mol. The van der Waals surface area contributed by atoms with E-state index in [9.17, 15) is 4.79 Å². The Balaban J connectivity index is 1.61. The number of carbonyl (C=O) groups is 1. The van der Waals surface area contributed by atoms with Gasteiger partial charge in [0.15, 0.2) is 0 Å². The van der Waals surface area contributed by atoms with E-state index in [1.807, 2.05) is 6.08 Å². The molecule has 1 fully saturated rings. The van der Waals surface area contributed by atoms with Crippen LogP contribution in [0, 0.1) is 0 Å². The van der Waals surface area contributed by atoms with Crippen molar-refractivity contribution in [2.75, 3.05) is 44.1 Å². The van der Waals surface area contributed by atoms with Gasteiger partial charge in [0, 0.05) is 35.0 Å². The predicted octanol–water partition coefficient (Wildman–Crippen LogP) is 4.24. The molecule has 140 valence electrons. The molecule has 0 spiro atoms. The third-order valence-electron chi connectivity index (χ3n) is 4.99. The number of nitrogens with zero attached hydrogens (tertiary/aromatic N) is 1. The van der Waals surface area contributed by atoms with E-state index in [2.05, 4.69) is 47.4 Å². The number of thioether (sulfide) groups is 1. The van der Waals surface area contributed by atoms with Crippen molar-refractivity contribution in [2.24, 2.45) is 0 Å². The average Bonchev–Trinajstić information content (AvgIpc) is 2.96. The van der Waals surface area contributed by atoms with Crippen LogP contribution >= 0.6 is 11.8 Å². The Hall–Kier alpha value is -2.24. The van der Waals surface area contributed by atoms with Gasteiger partial charge in [-0.3, -0.25) is 0 Å². The van der Waals surface area contributed by atoms with Crippen LogP contribution in [0.4, 0.5) is 5.69 Å². The summed E-state index contributed by atoms with van der Waals surface area (Å²) < 4.78 is 10.3.